The summed E-state index contributed by atoms with van der Waals surface area (Å²) < 4.78 is 12.9. The van der Waals surface area contributed by atoms with Crippen LogP contribution in [0.1, 0.15) is 29.5 Å². The summed E-state index contributed by atoms with van der Waals surface area (Å²) in [6.45, 7) is 8.67. The van der Waals surface area contributed by atoms with Crippen molar-refractivity contribution in [3.05, 3.63) is 41.0 Å². The van der Waals surface area contributed by atoms with E-state index in [9.17, 15) is 10.1 Å². The zero-order chi connectivity index (χ0) is 18.7. The van der Waals surface area contributed by atoms with Gasteiger partial charge in [0, 0.05) is 18.8 Å². The maximum Gasteiger partial charge on any atom is 0.239 e. The van der Waals surface area contributed by atoms with E-state index in [-0.39, 0.29) is 18.6 Å². The molecule has 138 valence electrons. The van der Waals surface area contributed by atoms with Crippen molar-refractivity contribution in [1.82, 2.24) is 9.47 Å². The van der Waals surface area contributed by atoms with Gasteiger partial charge < -0.3 is 19.0 Å². The van der Waals surface area contributed by atoms with Gasteiger partial charge in [-0.3, -0.25) is 9.69 Å². The summed E-state index contributed by atoms with van der Waals surface area (Å²) in [6, 6.07) is 5.92. The van der Waals surface area contributed by atoms with Crippen LogP contribution >= 0.6 is 0 Å². The number of amides is 1. The molecule has 1 aliphatic rings. The number of hydrogen-bond acceptors (Lipinski definition) is 5. The van der Waals surface area contributed by atoms with Crippen LogP contribution in [0, 0.1) is 25.2 Å². The maximum atomic E-state index is 12.6. The van der Waals surface area contributed by atoms with Crippen molar-refractivity contribution in [3.63, 3.8) is 0 Å². The summed E-state index contributed by atoms with van der Waals surface area (Å²) in [7, 11) is 0. The van der Waals surface area contributed by atoms with Crippen molar-refractivity contribution < 1.29 is 13.9 Å². The van der Waals surface area contributed by atoms with E-state index in [1.807, 2.05) is 37.5 Å². The number of carbonyl (C=O) groups is 1. The molecule has 3 rings (SSSR count). The lowest BCUT2D eigenvalue weighted by Gasteiger charge is -2.30. The van der Waals surface area contributed by atoms with Gasteiger partial charge in [0.2, 0.25) is 5.91 Å². The first-order valence-corrected chi connectivity index (χ1v) is 8.75. The first kappa shape index (κ1) is 18.2. The number of nitriles is 1. The summed E-state index contributed by atoms with van der Waals surface area (Å²) in [4.78, 5) is 14.7. The fourth-order valence-corrected chi connectivity index (χ4v) is 3.30. The first-order chi connectivity index (χ1) is 12.5. The summed E-state index contributed by atoms with van der Waals surface area (Å²) in [5, 5.41) is 12.5. The normalized spacial score (nSPS) is 17.8. The van der Waals surface area contributed by atoms with Crippen LogP contribution in [0.2, 0.25) is 0 Å². The average Bonchev–Trinajstić information content (AvgIpc) is 3.18. The zero-order valence-electron chi connectivity index (χ0n) is 15.4. The van der Waals surface area contributed by atoms with Gasteiger partial charge in [0.15, 0.2) is 0 Å². The van der Waals surface area contributed by atoms with E-state index in [4.69, 9.17) is 9.15 Å². The summed E-state index contributed by atoms with van der Waals surface area (Å²) in [5.41, 5.74) is 2.31. The third-order valence-corrected chi connectivity index (χ3v) is 4.79. The number of morpholine rings is 1. The van der Waals surface area contributed by atoms with E-state index in [2.05, 4.69) is 16.3 Å². The van der Waals surface area contributed by atoms with E-state index in [1.54, 1.807) is 6.26 Å². The number of nitrogens with one attached hydrogen (secondary N) is 1. The van der Waals surface area contributed by atoms with Crippen molar-refractivity contribution in [2.24, 2.45) is 0 Å². The molecule has 0 aromatic carbocycles. The van der Waals surface area contributed by atoms with Gasteiger partial charge in [-0.1, -0.05) is 0 Å². The minimum Gasteiger partial charge on any atom is -0.467 e. The number of carbonyl (C=O) groups excluding carboxylic acids is 1. The molecular weight excluding hydrogens is 332 g/mol. The lowest BCUT2D eigenvalue weighted by Crippen LogP contribution is -2.44. The van der Waals surface area contributed by atoms with E-state index in [0.717, 1.165) is 30.1 Å². The summed E-state index contributed by atoms with van der Waals surface area (Å²) in [6.07, 6.45) is 1.74. The molecule has 1 N–H and O–H groups in total. The smallest absolute Gasteiger partial charge is 0.239 e. The molecule has 0 spiro atoms. The second-order valence-electron chi connectivity index (χ2n) is 6.68. The predicted molar refractivity (Wildman–Crippen MR) is 96.9 cm³/mol. The largest absolute Gasteiger partial charge is 0.467 e. The second-order valence-corrected chi connectivity index (χ2v) is 6.68. The van der Waals surface area contributed by atoms with Gasteiger partial charge in [0.1, 0.15) is 17.6 Å². The highest BCUT2D eigenvalue weighted by molar-refractivity contribution is 5.93. The van der Waals surface area contributed by atoms with Gasteiger partial charge in [-0.15, -0.1) is 0 Å². The molecule has 7 heteroatoms. The number of hydrogen-bond donors (Lipinski definition) is 1. The van der Waals surface area contributed by atoms with Crippen LogP contribution in [-0.4, -0.2) is 47.7 Å². The highest BCUT2D eigenvalue weighted by Gasteiger charge is 2.23. The van der Waals surface area contributed by atoms with Crippen molar-refractivity contribution in [2.45, 2.75) is 33.4 Å². The Hall–Kier alpha value is -2.56. The Morgan fingerprint density at radius 2 is 2.27 bits per heavy atom. The molecular formula is C19H24N4O3. The Morgan fingerprint density at radius 3 is 2.92 bits per heavy atom. The Balaban J connectivity index is 1.80. The topological polar surface area (TPSA) is 83.4 Å². The fraction of sp³-hybridized carbons (Fsp3) is 0.474. The minimum absolute atomic E-state index is 0.124. The molecule has 1 fully saturated rings. The van der Waals surface area contributed by atoms with Gasteiger partial charge in [-0.25, -0.2) is 0 Å². The number of ether oxygens (including phenoxy) is 1. The summed E-state index contributed by atoms with van der Waals surface area (Å²) in [5.74, 6) is 1.17. The van der Waals surface area contributed by atoms with Crippen LogP contribution in [0.5, 0.6) is 0 Å². The molecule has 1 aliphatic heterocycles. The van der Waals surface area contributed by atoms with Gasteiger partial charge >= 0.3 is 0 Å². The molecule has 2 aromatic heterocycles. The van der Waals surface area contributed by atoms with Crippen LogP contribution < -0.4 is 5.32 Å². The molecule has 1 unspecified atom stereocenters. The molecule has 0 bridgehead atoms. The van der Waals surface area contributed by atoms with Crippen LogP contribution in [0.25, 0.3) is 0 Å². The average molecular weight is 356 g/mol. The summed E-state index contributed by atoms with van der Waals surface area (Å²) >= 11 is 0. The minimum atomic E-state index is -0.131. The predicted octanol–water partition coefficient (Wildman–Crippen LogP) is 2.28. The van der Waals surface area contributed by atoms with Crippen molar-refractivity contribution >= 4 is 11.7 Å². The van der Waals surface area contributed by atoms with Crippen LogP contribution in [0.4, 0.5) is 5.82 Å². The van der Waals surface area contributed by atoms with Crippen molar-refractivity contribution in [1.29, 1.82) is 5.26 Å². The van der Waals surface area contributed by atoms with Gasteiger partial charge in [0.05, 0.1) is 37.6 Å². The quantitative estimate of drug-likeness (QED) is 0.888. The Morgan fingerprint density at radius 1 is 1.46 bits per heavy atom. The molecule has 0 saturated carbocycles. The number of aromatic nitrogens is 1. The molecule has 1 saturated heterocycles. The molecule has 0 radical (unpaired) electrons. The van der Waals surface area contributed by atoms with Gasteiger partial charge in [-0.2, -0.15) is 5.26 Å². The maximum absolute atomic E-state index is 12.6. The van der Waals surface area contributed by atoms with Crippen molar-refractivity contribution in [3.8, 4) is 6.07 Å². The van der Waals surface area contributed by atoms with Crippen molar-refractivity contribution in [2.75, 3.05) is 31.6 Å². The Kier molecular flexibility index (Phi) is 5.45. The fourth-order valence-electron chi connectivity index (χ4n) is 3.30. The lowest BCUT2D eigenvalue weighted by molar-refractivity contribution is -0.119. The van der Waals surface area contributed by atoms with E-state index in [0.29, 0.717) is 24.5 Å². The molecule has 1 atom stereocenters. The molecule has 0 aliphatic carbocycles. The number of furan rings is 1. The number of anilines is 1. The van der Waals surface area contributed by atoms with E-state index >= 15 is 0 Å². The van der Waals surface area contributed by atoms with Gasteiger partial charge in [-0.05, 0) is 38.5 Å². The second kappa shape index (κ2) is 7.77. The monoisotopic (exact) mass is 356 g/mol. The molecule has 7 nitrogen and oxygen atoms in total. The highest BCUT2D eigenvalue weighted by atomic mass is 16.5. The Labute approximate surface area is 153 Å². The first-order valence-electron chi connectivity index (χ1n) is 8.75. The Bertz CT molecular complexity index is 817. The zero-order valence-corrected chi connectivity index (χ0v) is 15.4. The van der Waals surface area contributed by atoms with E-state index in [1.165, 1.54) is 0 Å². The molecule has 2 aromatic rings. The number of rotatable bonds is 5. The lowest BCUT2D eigenvalue weighted by atomic mass is 10.2. The third-order valence-electron chi connectivity index (χ3n) is 4.79. The highest BCUT2D eigenvalue weighted by Crippen LogP contribution is 2.27. The molecule has 26 heavy (non-hydrogen) atoms. The molecule has 1 amide bonds. The van der Waals surface area contributed by atoms with E-state index < -0.39 is 0 Å². The number of nitrogens with zero attached hydrogens (tertiary/aromatic N) is 3. The standard InChI is InChI=1S/C19H24N4O3/c1-13-10-22(6-8-25-13)12-18(24)21-19-17(9-20)14(2)15(3)23(19)11-16-5-4-7-26-16/h4-5,7,13H,6,8,10-12H2,1-3H3,(H,21,24). The SMILES string of the molecule is Cc1c(C#N)c(NC(=O)CN2CCOC(C)C2)n(Cc2ccco2)c1C. The van der Waals surface area contributed by atoms with Gasteiger partial charge in [0.25, 0.3) is 0 Å². The van der Waals surface area contributed by atoms with Crippen LogP contribution in [0.15, 0.2) is 22.8 Å². The third kappa shape index (κ3) is 3.82. The molecule has 3 heterocycles. The van der Waals surface area contributed by atoms with Crippen LogP contribution in [0.3, 0.4) is 0 Å². The van der Waals surface area contributed by atoms with Crippen LogP contribution in [-0.2, 0) is 16.1 Å².